The van der Waals surface area contributed by atoms with Crippen molar-refractivity contribution in [2.24, 2.45) is 5.84 Å². The van der Waals surface area contributed by atoms with Gasteiger partial charge in [0.15, 0.2) is 0 Å². The van der Waals surface area contributed by atoms with Gasteiger partial charge in [-0.25, -0.2) is 4.98 Å². The Morgan fingerprint density at radius 3 is 2.81 bits per heavy atom. The Morgan fingerprint density at radius 2 is 2.12 bits per heavy atom. The monoisotopic (exact) mass is 233 g/mol. The van der Waals surface area contributed by atoms with Gasteiger partial charge in [-0.15, -0.1) is 11.3 Å². The highest BCUT2D eigenvalue weighted by Gasteiger charge is 2.04. The number of benzene rings is 1. The molecule has 3 N–H and O–H groups in total. The normalized spacial score (nSPS) is 10.7. The maximum absolute atomic E-state index is 5.27. The molecule has 16 heavy (non-hydrogen) atoms. The second-order valence-electron chi connectivity index (χ2n) is 3.81. The van der Waals surface area contributed by atoms with Gasteiger partial charge in [0, 0.05) is 10.9 Å². The van der Waals surface area contributed by atoms with Gasteiger partial charge in [-0.3, -0.25) is 11.3 Å². The molecule has 84 valence electrons. The summed E-state index contributed by atoms with van der Waals surface area (Å²) >= 11 is 1.63. The Hall–Kier alpha value is -1.23. The van der Waals surface area contributed by atoms with Crippen molar-refractivity contribution in [3.05, 3.63) is 39.7 Å². The molecule has 0 saturated heterocycles. The number of aromatic nitrogens is 1. The van der Waals surface area contributed by atoms with Crippen LogP contribution in [0.5, 0.6) is 0 Å². The molecule has 1 aromatic heterocycles. The van der Waals surface area contributed by atoms with Crippen LogP contribution >= 0.6 is 11.3 Å². The van der Waals surface area contributed by atoms with Crippen LogP contribution in [0.15, 0.2) is 23.6 Å². The van der Waals surface area contributed by atoms with E-state index in [2.05, 4.69) is 47.8 Å². The van der Waals surface area contributed by atoms with E-state index in [4.69, 9.17) is 5.84 Å². The first kappa shape index (κ1) is 11.3. The van der Waals surface area contributed by atoms with Crippen molar-refractivity contribution in [3.63, 3.8) is 0 Å². The molecule has 0 saturated carbocycles. The lowest BCUT2D eigenvalue weighted by Gasteiger charge is -2.02. The van der Waals surface area contributed by atoms with Gasteiger partial charge in [-0.2, -0.15) is 0 Å². The average molecular weight is 233 g/mol. The number of hydrogen-bond donors (Lipinski definition) is 2. The topological polar surface area (TPSA) is 50.9 Å². The van der Waals surface area contributed by atoms with E-state index in [1.807, 2.05) is 0 Å². The van der Waals surface area contributed by atoms with Crippen LogP contribution in [0.25, 0.3) is 11.3 Å². The molecule has 2 aromatic rings. The van der Waals surface area contributed by atoms with E-state index in [-0.39, 0.29) is 0 Å². The lowest BCUT2D eigenvalue weighted by molar-refractivity contribution is 0.737. The molecule has 1 heterocycles. The number of rotatable bonds is 3. The van der Waals surface area contributed by atoms with Crippen molar-refractivity contribution in [1.82, 2.24) is 10.4 Å². The first-order valence-corrected chi connectivity index (χ1v) is 6.04. The Labute approximate surface area is 99.3 Å². The van der Waals surface area contributed by atoms with E-state index in [1.165, 1.54) is 16.7 Å². The first-order valence-electron chi connectivity index (χ1n) is 5.16. The van der Waals surface area contributed by atoms with E-state index in [9.17, 15) is 0 Å². The summed E-state index contributed by atoms with van der Waals surface area (Å²) in [4.78, 5) is 4.52. The highest BCUT2D eigenvalue weighted by molar-refractivity contribution is 7.09. The van der Waals surface area contributed by atoms with Crippen molar-refractivity contribution >= 4 is 11.3 Å². The second kappa shape index (κ2) is 4.74. The van der Waals surface area contributed by atoms with Crippen molar-refractivity contribution in [3.8, 4) is 11.3 Å². The lowest BCUT2D eigenvalue weighted by Crippen LogP contribution is -2.20. The van der Waals surface area contributed by atoms with E-state index in [1.54, 1.807) is 11.3 Å². The van der Waals surface area contributed by atoms with Gasteiger partial charge in [-0.05, 0) is 31.0 Å². The van der Waals surface area contributed by atoms with Gasteiger partial charge in [-0.1, -0.05) is 12.1 Å². The zero-order chi connectivity index (χ0) is 11.5. The summed E-state index contributed by atoms with van der Waals surface area (Å²) in [5.41, 5.74) is 7.42. The summed E-state index contributed by atoms with van der Waals surface area (Å²) in [6, 6.07) is 6.41. The van der Waals surface area contributed by atoms with Gasteiger partial charge < -0.3 is 0 Å². The smallest absolute Gasteiger partial charge is 0.108 e. The number of nitrogens with zero attached hydrogens (tertiary/aromatic N) is 1. The van der Waals surface area contributed by atoms with Crippen LogP contribution in [-0.4, -0.2) is 4.98 Å². The van der Waals surface area contributed by atoms with Gasteiger partial charge in [0.25, 0.3) is 0 Å². The predicted molar refractivity (Wildman–Crippen MR) is 68.1 cm³/mol. The summed E-state index contributed by atoms with van der Waals surface area (Å²) < 4.78 is 0. The number of hydrogen-bond acceptors (Lipinski definition) is 4. The Bertz CT molecular complexity index is 491. The fourth-order valence-corrected chi connectivity index (χ4v) is 2.27. The third-order valence-electron chi connectivity index (χ3n) is 2.61. The molecule has 0 aliphatic carbocycles. The van der Waals surface area contributed by atoms with Crippen molar-refractivity contribution < 1.29 is 0 Å². The molecule has 0 bridgehead atoms. The van der Waals surface area contributed by atoms with Crippen LogP contribution in [0.1, 0.15) is 16.1 Å². The van der Waals surface area contributed by atoms with Crippen LogP contribution in [0.2, 0.25) is 0 Å². The molecule has 0 amide bonds. The number of aryl methyl sites for hydroxylation is 2. The van der Waals surface area contributed by atoms with E-state index in [0.717, 1.165) is 10.7 Å². The largest absolute Gasteiger partial charge is 0.271 e. The molecular formula is C12H15N3S. The fourth-order valence-electron chi connectivity index (χ4n) is 1.51. The summed E-state index contributed by atoms with van der Waals surface area (Å²) in [5, 5.41) is 3.08. The molecule has 0 spiro atoms. The fraction of sp³-hybridized carbons (Fsp3) is 0.250. The molecule has 0 atom stereocenters. The molecule has 0 aliphatic heterocycles. The zero-order valence-electron chi connectivity index (χ0n) is 9.45. The van der Waals surface area contributed by atoms with Crippen molar-refractivity contribution in [1.29, 1.82) is 0 Å². The molecular weight excluding hydrogens is 218 g/mol. The van der Waals surface area contributed by atoms with E-state index < -0.39 is 0 Å². The minimum atomic E-state index is 0.621. The molecule has 2 rings (SSSR count). The van der Waals surface area contributed by atoms with Crippen LogP contribution in [0, 0.1) is 13.8 Å². The Morgan fingerprint density at radius 1 is 1.31 bits per heavy atom. The average Bonchev–Trinajstić information content (AvgIpc) is 2.71. The van der Waals surface area contributed by atoms with Crippen molar-refractivity contribution in [2.45, 2.75) is 20.4 Å². The SMILES string of the molecule is Cc1ccc(-c2csc(CNN)n2)cc1C. The first-order chi connectivity index (χ1) is 7.70. The molecule has 3 nitrogen and oxygen atoms in total. The number of nitrogens with one attached hydrogen (secondary N) is 1. The highest BCUT2D eigenvalue weighted by Crippen LogP contribution is 2.23. The Balaban J connectivity index is 2.31. The van der Waals surface area contributed by atoms with Gasteiger partial charge in [0.05, 0.1) is 12.2 Å². The maximum atomic E-state index is 5.27. The highest BCUT2D eigenvalue weighted by atomic mass is 32.1. The molecule has 4 heteroatoms. The van der Waals surface area contributed by atoms with Gasteiger partial charge >= 0.3 is 0 Å². The van der Waals surface area contributed by atoms with E-state index >= 15 is 0 Å². The van der Waals surface area contributed by atoms with Gasteiger partial charge in [0.2, 0.25) is 0 Å². The van der Waals surface area contributed by atoms with Crippen LogP contribution in [0.4, 0.5) is 0 Å². The minimum Gasteiger partial charge on any atom is -0.271 e. The van der Waals surface area contributed by atoms with Crippen LogP contribution in [0.3, 0.4) is 0 Å². The maximum Gasteiger partial charge on any atom is 0.108 e. The van der Waals surface area contributed by atoms with Crippen LogP contribution in [-0.2, 0) is 6.54 Å². The molecule has 0 radical (unpaired) electrons. The number of thiazole rings is 1. The quantitative estimate of drug-likeness (QED) is 0.632. The van der Waals surface area contributed by atoms with Gasteiger partial charge in [0.1, 0.15) is 5.01 Å². The number of nitrogens with two attached hydrogens (primary N) is 1. The number of hydrazine groups is 1. The summed E-state index contributed by atoms with van der Waals surface area (Å²) in [6.07, 6.45) is 0. The summed E-state index contributed by atoms with van der Waals surface area (Å²) in [6.45, 7) is 4.85. The van der Waals surface area contributed by atoms with E-state index in [0.29, 0.717) is 6.54 Å². The molecule has 0 unspecified atom stereocenters. The predicted octanol–water partition coefficient (Wildman–Crippen LogP) is 2.39. The third kappa shape index (κ3) is 2.29. The molecule has 1 aromatic carbocycles. The van der Waals surface area contributed by atoms with Crippen LogP contribution < -0.4 is 11.3 Å². The second-order valence-corrected chi connectivity index (χ2v) is 4.75. The minimum absolute atomic E-state index is 0.621. The lowest BCUT2D eigenvalue weighted by atomic mass is 10.1. The summed E-state index contributed by atoms with van der Waals surface area (Å²) in [7, 11) is 0. The molecule has 0 aliphatic rings. The Kier molecular flexibility index (Phi) is 3.33. The standard InChI is InChI=1S/C12H15N3S/c1-8-3-4-10(5-9(8)2)11-7-16-12(15-11)6-14-13/h3-5,7,14H,6,13H2,1-2H3. The van der Waals surface area contributed by atoms with Crippen molar-refractivity contribution in [2.75, 3.05) is 0 Å². The molecule has 0 fully saturated rings. The third-order valence-corrected chi connectivity index (χ3v) is 3.46. The summed E-state index contributed by atoms with van der Waals surface area (Å²) in [5.74, 6) is 5.27. The zero-order valence-corrected chi connectivity index (χ0v) is 10.3.